The van der Waals surface area contributed by atoms with Gasteiger partial charge < -0.3 is 39.2 Å². The zero-order chi connectivity index (χ0) is 37.8. The minimum atomic E-state index is -1.18. The molecule has 5 rings (SSSR count). The van der Waals surface area contributed by atoms with E-state index in [1.54, 1.807) is 22.0 Å². The van der Waals surface area contributed by atoms with Crippen LogP contribution in [0, 0.1) is 11.8 Å². The third-order valence-electron chi connectivity index (χ3n) is 11.1. The summed E-state index contributed by atoms with van der Waals surface area (Å²) in [5, 5.41) is 12.3. The van der Waals surface area contributed by atoms with E-state index in [9.17, 15) is 24.3 Å². The quantitative estimate of drug-likeness (QED) is 0.103. The van der Waals surface area contributed by atoms with E-state index in [2.05, 4.69) is 23.4 Å². The number of hydrogen-bond donors (Lipinski definition) is 2. The van der Waals surface area contributed by atoms with Crippen molar-refractivity contribution in [2.24, 2.45) is 11.8 Å². The Morgan fingerprint density at radius 2 is 1.85 bits per heavy atom. The van der Waals surface area contributed by atoms with Crippen LogP contribution < -0.4 is 5.32 Å². The number of fused-ring (bicyclic) bond motifs is 1. The van der Waals surface area contributed by atoms with Gasteiger partial charge in [-0.25, -0.2) is 0 Å². The molecule has 2 bridgehead atoms. The summed E-state index contributed by atoms with van der Waals surface area (Å²) in [6.45, 7) is 12.4. The van der Waals surface area contributed by atoms with Gasteiger partial charge in [0.15, 0.2) is 0 Å². The molecule has 13 nitrogen and oxygen atoms in total. The molecule has 0 aliphatic carbocycles. The molecule has 4 heterocycles. The van der Waals surface area contributed by atoms with Crippen LogP contribution in [-0.4, -0.2) is 140 Å². The third kappa shape index (κ3) is 9.37. The number of aliphatic hydroxyl groups excluding tert-OH is 1. The van der Waals surface area contributed by atoms with E-state index in [-0.39, 0.29) is 37.4 Å². The van der Waals surface area contributed by atoms with Gasteiger partial charge in [-0.1, -0.05) is 55.3 Å². The van der Waals surface area contributed by atoms with Gasteiger partial charge in [0, 0.05) is 59.4 Å². The summed E-state index contributed by atoms with van der Waals surface area (Å²) >= 11 is 0. The number of amides is 3. The van der Waals surface area contributed by atoms with Crippen molar-refractivity contribution in [1.82, 2.24) is 20.0 Å². The van der Waals surface area contributed by atoms with Crippen LogP contribution in [-0.2, 0) is 38.1 Å². The lowest BCUT2D eigenvalue weighted by atomic mass is 9.70. The van der Waals surface area contributed by atoms with E-state index in [1.807, 2.05) is 30.3 Å². The minimum Gasteiger partial charge on any atom is -0.455 e. The van der Waals surface area contributed by atoms with Crippen LogP contribution in [0.25, 0.3) is 0 Å². The maximum Gasteiger partial charge on any atom is 0.313 e. The van der Waals surface area contributed by atoms with Crippen molar-refractivity contribution >= 4 is 23.7 Å². The first kappa shape index (κ1) is 40.6. The maximum absolute atomic E-state index is 14.8. The number of nitrogens with zero attached hydrogens (tertiary/aromatic N) is 3. The van der Waals surface area contributed by atoms with Crippen molar-refractivity contribution in [2.45, 2.75) is 81.3 Å². The highest BCUT2D eigenvalue weighted by atomic mass is 16.6. The highest BCUT2D eigenvalue weighted by Gasteiger charge is 2.75. The Kier molecular flexibility index (Phi) is 15.0. The topological polar surface area (TPSA) is 147 Å². The number of ether oxygens (including phenoxy) is 4. The number of benzene rings is 1. The molecule has 4 aliphatic rings. The number of methoxy groups -OCH3 is 1. The first-order chi connectivity index (χ1) is 25.8. The highest BCUT2D eigenvalue weighted by molar-refractivity contribution is 5.98. The third-order valence-corrected chi connectivity index (χ3v) is 11.1. The Bertz CT molecular complexity index is 1410. The molecule has 0 aromatic heterocycles. The summed E-state index contributed by atoms with van der Waals surface area (Å²) < 4.78 is 24.1. The molecule has 13 heteroatoms. The van der Waals surface area contributed by atoms with Crippen molar-refractivity contribution in [3.8, 4) is 0 Å². The van der Waals surface area contributed by atoms with Crippen LogP contribution in [0.3, 0.4) is 0 Å². The van der Waals surface area contributed by atoms with E-state index in [1.165, 1.54) is 7.11 Å². The number of hydrogen-bond acceptors (Lipinski definition) is 10. The molecule has 1 spiro atoms. The molecule has 53 heavy (non-hydrogen) atoms. The molecular formula is C40H58N4O9. The number of likely N-dealkylation sites (tertiary alicyclic amines) is 1. The average molecular weight is 739 g/mol. The summed E-state index contributed by atoms with van der Waals surface area (Å²) in [6, 6.07) is 7.56. The molecule has 2 N–H and O–H groups in total. The Morgan fingerprint density at radius 1 is 1.09 bits per heavy atom. The smallest absolute Gasteiger partial charge is 0.313 e. The number of allylic oxidation sites excluding steroid dienone is 1. The number of nitrogens with one attached hydrogen (secondary N) is 1. The summed E-state index contributed by atoms with van der Waals surface area (Å²) in [4.78, 5) is 62.5. The van der Waals surface area contributed by atoms with Crippen molar-refractivity contribution in [2.75, 3.05) is 72.8 Å². The van der Waals surface area contributed by atoms with Gasteiger partial charge in [0.25, 0.3) is 0 Å². The Hall–Kier alpha value is -3.62. The molecule has 1 aromatic rings. The van der Waals surface area contributed by atoms with Crippen LogP contribution in [0.15, 0.2) is 55.6 Å². The molecule has 4 aliphatic heterocycles. The highest BCUT2D eigenvalue weighted by Crippen LogP contribution is 2.59. The second-order valence-electron chi connectivity index (χ2n) is 14.5. The summed E-state index contributed by atoms with van der Waals surface area (Å²) in [6.07, 6.45) is 6.43. The van der Waals surface area contributed by atoms with Crippen LogP contribution in [0.2, 0.25) is 0 Å². The predicted molar refractivity (Wildman–Crippen MR) is 197 cm³/mol. The molecule has 0 unspecified atom stereocenters. The maximum atomic E-state index is 14.8. The van der Waals surface area contributed by atoms with Gasteiger partial charge in [-0.15, -0.1) is 13.2 Å². The Morgan fingerprint density at radius 3 is 2.55 bits per heavy atom. The van der Waals surface area contributed by atoms with Crippen molar-refractivity contribution < 1.29 is 43.2 Å². The molecule has 7 atom stereocenters. The van der Waals surface area contributed by atoms with Crippen LogP contribution in [0.1, 0.15) is 63.0 Å². The van der Waals surface area contributed by atoms with Gasteiger partial charge in [0.05, 0.1) is 43.8 Å². The first-order valence-corrected chi connectivity index (χ1v) is 19.2. The Balaban J connectivity index is 1.42. The van der Waals surface area contributed by atoms with Gasteiger partial charge in [-0.2, -0.15) is 0 Å². The van der Waals surface area contributed by atoms with E-state index >= 15 is 0 Å². The largest absolute Gasteiger partial charge is 0.455 e. The molecule has 292 valence electrons. The van der Waals surface area contributed by atoms with Crippen molar-refractivity contribution in [3.05, 3.63) is 61.2 Å². The van der Waals surface area contributed by atoms with Crippen molar-refractivity contribution in [1.29, 1.82) is 0 Å². The summed E-state index contributed by atoms with van der Waals surface area (Å²) in [7, 11) is 1.52. The normalized spacial score (nSPS) is 26.2. The Labute approximate surface area is 313 Å². The van der Waals surface area contributed by atoms with Crippen LogP contribution in [0.5, 0.6) is 0 Å². The lowest BCUT2D eigenvalue weighted by Gasteiger charge is -2.37. The number of unbranched alkanes of at least 4 members (excludes halogenated alkanes) is 3. The monoisotopic (exact) mass is 738 g/mol. The fourth-order valence-corrected chi connectivity index (χ4v) is 8.52. The molecule has 0 saturated carbocycles. The SMILES string of the molecule is C=CCCC(=O)N[C@@H](COC)[C@@H](OC(=O)[C@@H]1[C@H]2C(=O)N(CCCCCCO)[C@H](C(=O)N(CC=C)CCN3CCOCC3)[C@]23CC[C@H]1O3)c1ccccc1. The number of carbonyl (C=O) groups excluding carboxylic acids is 4. The predicted octanol–water partition coefficient (Wildman–Crippen LogP) is 2.64. The fourth-order valence-electron chi connectivity index (χ4n) is 8.52. The number of aliphatic hydroxyl groups is 1. The first-order valence-electron chi connectivity index (χ1n) is 19.2. The lowest BCUT2D eigenvalue weighted by molar-refractivity contribution is -0.163. The second-order valence-corrected chi connectivity index (χ2v) is 14.5. The van der Waals surface area contributed by atoms with Gasteiger partial charge in [0.1, 0.15) is 17.7 Å². The van der Waals surface area contributed by atoms with E-state index < -0.39 is 47.7 Å². The van der Waals surface area contributed by atoms with Crippen molar-refractivity contribution in [3.63, 3.8) is 0 Å². The number of carbonyl (C=O) groups is 4. The zero-order valence-corrected chi connectivity index (χ0v) is 31.2. The van der Waals surface area contributed by atoms with Crippen LogP contribution in [0.4, 0.5) is 0 Å². The standard InChI is InChI=1S/C40H58N4O9/c1-4-6-16-32(46)41-30(28-50-3)35(29-14-10-9-11-15-29)52-39(49)33-31-17-18-40(53-31)34(33)37(47)44(20-12-7-8-13-25-45)36(40)38(48)43(19-5-2)22-21-42-23-26-51-27-24-42/h4-5,9-11,14-15,30-31,33-36,45H,1-2,6-8,12-13,16-28H2,3H3,(H,41,46)/t30-,31+,33-,34-,35-,36+,40-/m0/s1. The molecule has 3 amide bonds. The van der Waals surface area contributed by atoms with Crippen LogP contribution >= 0.6 is 0 Å². The lowest BCUT2D eigenvalue weighted by Crippen LogP contribution is -2.57. The van der Waals surface area contributed by atoms with Gasteiger partial charge in [0.2, 0.25) is 17.7 Å². The fraction of sp³-hybridized carbons (Fsp3) is 0.650. The number of esters is 1. The van der Waals surface area contributed by atoms with E-state index in [0.717, 1.165) is 25.9 Å². The van der Waals surface area contributed by atoms with Gasteiger partial charge in [-0.3, -0.25) is 24.1 Å². The molecule has 4 fully saturated rings. The second kappa shape index (κ2) is 19.6. The van der Waals surface area contributed by atoms with Gasteiger partial charge >= 0.3 is 5.97 Å². The summed E-state index contributed by atoms with van der Waals surface area (Å²) in [5.41, 5.74) is -0.514. The minimum absolute atomic E-state index is 0.0772. The zero-order valence-electron chi connectivity index (χ0n) is 31.2. The average Bonchev–Trinajstić information content (AvgIpc) is 3.82. The van der Waals surface area contributed by atoms with Gasteiger partial charge in [-0.05, 0) is 37.7 Å². The summed E-state index contributed by atoms with van der Waals surface area (Å²) in [5.74, 6) is -3.14. The number of rotatable bonds is 22. The molecule has 1 aromatic carbocycles. The molecule has 0 radical (unpaired) electrons. The number of morpholine rings is 1. The van der Waals surface area contributed by atoms with E-state index in [4.69, 9.17) is 18.9 Å². The molecule has 4 saturated heterocycles. The van der Waals surface area contributed by atoms with E-state index in [0.29, 0.717) is 77.1 Å². The molecular weight excluding hydrogens is 680 g/mol.